The summed E-state index contributed by atoms with van der Waals surface area (Å²) in [5.41, 5.74) is 0.996. The zero-order chi connectivity index (χ0) is 18.8. The Morgan fingerprint density at radius 2 is 1.96 bits per heavy atom. The van der Waals surface area contributed by atoms with E-state index in [1.807, 2.05) is 4.90 Å². The topological polar surface area (TPSA) is 88.5 Å². The molecule has 0 spiro atoms. The molecular weight excluding hydrogens is 337 g/mol. The maximum Gasteiger partial charge on any atom is 0.329 e. The van der Waals surface area contributed by atoms with Crippen molar-refractivity contribution in [1.82, 2.24) is 10.2 Å². The third kappa shape index (κ3) is 3.36. The summed E-state index contributed by atoms with van der Waals surface area (Å²) < 4.78 is 15.1. The van der Waals surface area contributed by atoms with E-state index in [0.717, 1.165) is 30.8 Å². The Balaban J connectivity index is 1.88. The van der Waals surface area contributed by atoms with Gasteiger partial charge in [0.1, 0.15) is 5.84 Å². The summed E-state index contributed by atoms with van der Waals surface area (Å²) in [7, 11) is 1.59. The molecule has 26 heavy (non-hydrogen) atoms. The number of carbonyl (C=O) groups excluding carboxylic acids is 2. The molecule has 1 aromatic rings. The minimum atomic E-state index is -0.650. The van der Waals surface area contributed by atoms with Gasteiger partial charge in [0.25, 0.3) is 0 Å². The molecule has 0 radical (unpaired) electrons. The molecule has 2 aliphatic heterocycles. The zero-order valence-electron chi connectivity index (χ0n) is 15.1. The zero-order valence-corrected chi connectivity index (χ0v) is 15.1. The molecule has 0 saturated carbocycles. The van der Waals surface area contributed by atoms with Crippen molar-refractivity contribution in [3.05, 3.63) is 23.5 Å². The lowest BCUT2D eigenvalue weighted by atomic mass is 9.98. The fourth-order valence-electron chi connectivity index (χ4n) is 3.42. The molecule has 2 heterocycles. The number of hydrogen-bond acceptors (Lipinski definition) is 5. The Kier molecular flexibility index (Phi) is 5.11. The molecule has 2 aliphatic rings. The maximum atomic E-state index is 15.1. The van der Waals surface area contributed by atoms with Gasteiger partial charge in [0.15, 0.2) is 5.82 Å². The standard InChI is InChI=1S/C18H24FN5O2/c1-11-5-8-23(9-6-11)13-4-3-12(16(21-2)15(13)19)17(20)24-10-7-14(25)22-18(24)26/h3-4,11,20-21H,5-10H2,1-2H3,(H,22,25,26). The molecule has 3 rings (SSSR count). The lowest BCUT2D eigenvalue weighted by Gasteiger charge is -2.33. The van der Waals surface area contributed by atoms with E-state index in [2.05, 4.69) is 17.6 Å². The van der Waals surface area contributed by atoms with Crippen molar-refractivity contribution < 1.29 is 14.0 Å². The summed E-state index contributed by atoms with van der Waals surface area (Å²) in [6.07, 6.45) is 2.16. The molecule has 0 aliphatic carbocycles. The fourth-order valence-corrected chi connectivity index (χ4v) is 3.42. The summed E-state index contributed by atoms with van der Waals surface area (Å²) in [5.74, 6) is -0.269. The highest BCUT2D eigenvalue weighted by Crippen LogP contribution is 2.32. The van der Waals surface area contributed by atoms with Crippen LogP contribution in [0.5, 0.6) is 0 Å². The molecule has 140 valence electrons. The predicted molar refractivity (Wildman–Crippen MR) is 98.2 cm³/mol. The molecule has 3 amide bonds. The molecule has 0 unspecified atom stereocenters. The Morgan fingerprint density at radius 1 is 1.27 bits per heavy atom. The Morgan fingerprint density at radius 3 is 2.58 bits per heavy atom. The van der Waals surface area contributed by atoms with Gasteiger partial charge < -0.3 is 10.2 Å². The first-order chi connectivity index (χ1) is 12.4. The van der Waals surface area contributed by atoms with Gasteiger partial charge >= 0.3 is 6.03 Å². The van der Waals surface area contributed by atoms with Gasteiger partial charge in [-0.05, 0) is 30.9 Å². The number of nitrogens with one attached hydrogen (secondary N) is 3. The number of urea groups is 1. The van der Waals surface area contributed by atoms with Gasteiger partial charge in [-0.15, -0.1) is 0 Å². The molecule has 2 fully saturated rings. The average Bonchev–Trinajstić information content (AvgIpc) is 2.62. The van der Waals surface area contributed by atoms with E-state index in [1.54, 1.807) is 19.2 Å². The highest BCUT2D eigenvalue weighted by Gasteiger charge is 2.29. The van der Waals surface area contributed by atoms with Crippen LogP contribution < -0.4 is 15.5 Å². The molecule has 8 heteroatoms. The van der Waals surface area contributed by atoms with Gasteiger partial charge in [0.2, 0.25) is 5.91 Å². The predicted octanol–water partition coefficient (Wildman–Crippen LogP) is 2.37. The Hall–Kier alpha value is -2.64. The first-order valence-electron chi connectivity index (χ1n) is 8.87. The van der Waals surface area contributed by atoms with Crippen molar-refractivity contribution >= 4 is 29.1 Å². The monoisotopic (exact) mass is 361 g/mol. The molecular formula is C18H24FN5O2. The number of amides is 3. The van der Waals surface area contributed by atoms with Crippen LogP contribution in [-0.2, 0) is 4.79 Å². The fraction of sp³-hybridized carbons (Fsp3) is 0.500. The molecule has 0 aromatic heterocycles. The lowest BCUT2D eigenvalue weighted by molar-refractivity contribution is -0.121. The van der Waals surface area contributed by atoms with Crippen molar-refractivity contribution in [3.8, 4) is 0 Å². The number of hydrogen-bond donors (Lipinski definition) is 3. The van der Waals surface area contributed by atoms with E-state index < -0.39 is 11.8 Å². The van der Waals surface area contributed by atoms with Crippen molar-refractivity contribution in [3.63, 3.8) is 0 Å². The largest absolute Gasteiger partial charge is 0.385 e. The average molecular weight is 361 g/mol. The van der Waals surface area contributed by atoms with E-state index in [-0.39, 0.29) is 30.4 Å². The first-order valence-corrected chi connectivity index (χ1v) is 8.87. The van der Waals surface area contributed by atoms with E-state index in [4.69, 9.17) is 5.41 Å². The number of benzene rings is 1. The number of nitrogens with zero attached hydrogens (tertiary/aromatic N) is 2. The van der Waals surface area contributed by atoms with E-state index in [1.165, 1.54) is 0 Å². The summed E-state index contributed by atoms with van der Waals surface area (Å²) in [6.45, 7) is 3.91. The van der Waals surface area contributed by atoms with Gasteiger partial charge in [-0.3, -0.25) is 20.4 Å². The summed E-state index contributed by atoms with van der Waals surface area (Å²) in [6, 6.07) is 2.68. The van der Waals surface area contributed by atoms with Gasteiger partial charge in [0, 0.05) is 38.7 Å². The number of imide groups is 1. The van der Waals surface area contributed by atoms with Crippen LogP contribution in [0, 0.1) is 17.1 Å². The van der Waals surface area contributed by atoms with Crippen LogP contribution in [0.25, 0.3) is 0 Å². The van der Waals surface area contributed by atoms with Crippen LogP contribution in [0.15, 0.2) is 12.1 Å². The van der Waals surface area contributed by atoms with Crippen LogP contribution in [0.3, 0.4) is 0 Å². The smallest absolute Gasteiger partial charge is 0.329 e. The second kappa shape index (κ2) is 7.31. The third-order valence-corrected chi connectivity index (χ3v) is 5.07. The number of amidine groups is 1. The van der Waals surface area contributed by atoms with E-state index >= 15 is 4.39 Å². The van der Waals surface area contributed by atoms with Gasteiger partial charge in [0.05, 0.1) is 11.4 Å². The second-order valence-electron chi connectivity index (χ2n) is 6.84. The highest BCUT2D eigenvalue weighted by atomic mass is 19.1. The van der Waals surface area contributed by atoms with Crippen LogP contribution >= 0.6 is 0 Å². The third-order valence-electron chi connectivity index (χ3n) is 5.07. The molecule has 2 saturated heterocycles. The minimum Gasteiger partial charge on any atom is -0.385 e. The van der Waals surface area contributed by atoms with E-state index in [9.17, 15) is 9.59 Å². The number of piperidine rings is 1. The van der Waals surface area contributed by atoms with Crippen molar-refractivity contribution in [1.29, 1.82) is 5.41 Å². The number of halogens is 1. The van der Waals surface area contributed by atoms with Crippen LogP contribution in [-0.4, -0.2) is 49.4 Å². The lowest BCUT2D eigenvalue weighted by Crippen LogP contribution is -2.52. The van der Waals surface area contributed by atoms with Crippen LogP contribution in [0.4, 0.5) is 20.6 Å². The second-order valence-corrected chi connectivity index (χ2v) is 6.84. The molecule has 0 bridgehead atoms. The van der Waals surface area contributed by atoms with Crippen molar-refractivity contribution in [2.45, 2.75) is 26.2 Å². The quantitative estimate of drug-likeness (QED) is 0.570. The number of rotatable bonds is 3. The molecule has 1 aromatic carbocycles. The highest BCUT2D eigenvalue weighted by molar-refractivity contribution is 6.13. The number of anilines is 2. The van der Waals surface area contributed by atoms with Gasteiger partial charge in [-0.1, -0.05) is 6.92 Å². The number of carbonyl (C=O) groups is 2. The van der Waals surface area contributed by atoms with Crippen LogP contribution in [0.2, 0.25) is 0 Å². The maximum absolute atomic E-state index is 15.1. The normalized spacial score (nSPS) is 18.7. The van der Waals surface area contributed by atoms with E-state index in [0.29, 0.717) is 17.2 Å². The van der Waals surface area contributed by atoms with Crippen molar-refractivity contribution in [2.75, 3.05) is 36.9 Å². The van der Waals surface area contributed by atoms with Crippen LogP contribution in [0.1, 0.15) is 31.7 Å². The Bertz CT molecular complexity index is 743. The summed E-state index contributed by atoms with van der Waals surface area (Å²) >= 11 is 0. The van der Waals surface area contributed by atoms with Crippen molar-refractivity contribution in [2.24, 2.45) is 5.92 Å². The summed E-state index contributed by atoms with van der Waals surface area (Å²) in [5, 5.41) is 13.3. The van der Waals surface area contributed by atoms with Gasteiger partial charge in [-0.25, -0.2) is 9.18 Å². The first kappa shape index (κ1) is 18.2. The Labute approximate surface area is 152 Å². The molecule has 0 atom stereocenters. The SMILES string of the molecule is CNc1c(C(=N)N2CCC(=O)NC2=O)ccc(N2CCC(C)CC2)c1F. The molecule has 7 nitrogen and oxygen atoms in total. The summed E-state index contributed by atoms with van der Waals surface area (Å²) in [4.78, 5) is 26.4. The molecule has 3 N–H and O–H groups in total. The van der Waals surface area contributed by atoms with Gasteiger partial charge in [-0.2, -0.15) is 0 Å². The minimum absolute atomic E-state index is 0.111.